The summed E-state index contributed by atoms with van der Waals surface area (Å²) in [6, 6.07) is 17.7. The van der Waals surface area contributed by atoms with Crippen LogP contribution in [0.3, 0.4) is 0 Å². The van der Waals surface area contributed by atoms with E-state index >= 15 is 0 Å². The van der Waals surface area contributed by atoms with Crippen LogP contribution in [-0.4, -0.2) is 28.2 Å². The summed E-state index contributed by atoms with van der Waals surface area (Å²) in [7, 11) is 0. The zero-order chi connectivity index (χ0) is 20.4. The van der Waals surface area contributed by atoms with E-state index in [-0.39, 0.29) is 12.1 Å². The molecular formula is C23H28BrNO3. The van der Waals surface area contributed by atoms with Gasteiger partial charge in [-0.25, -0.2) is 4.79 Å². The molecular weight excluding hydrogens is 418 g/mol. The molecule has 1 heterocycles. The third kappa shape index (κ3) is 4.76. The third-order valence-corrected chi connectivity index (χ3v) is 5.86. The van der Waals surface area contributed by atoms with Gasteiger partial charge in [0.15, 0.2) is 0 Å². The predicted molar refractivity (Wildman–Crippen MR) is 114 cm³/mol. The molecule has 1 N–H and O–H groups in total. The molecule has 3 rings (SSSR count). The fourth-order valence-corrected chi connectivity index (χ4v) is 4.31. The van der Waals surface area contributed by atoms with Gasteiger partial charge < -0.3 is 14.7 Å². The molecule has 0 bridgehead atoms. The first-order valence-corrected chi connectivity index (χ1v) is 10.5. The molecule has 0 radical (unpaired) electrons. The van der Waals surface area contributed by atoms with Crippen molar-refractivity contribution in [2.45, 2.75) is 57.3 Å². The molecule has 2 aromatic carbocycles. The molecule has 0 unspecified atom stereocenters. The van der Waals surface area contributed by atoms with Gasteiger partial charge in [-0.3, -0.25) is 0 Å². The molecule has 2 aromatic rings. The number of amides is 1. The van der Waals surface area contributed by atoms with Crippen LogP contribution in [0.15, 0.2) is 59.1 Å². The highest BCUT2D eigenvalue weighted by Crippen LogP contribution is 2.41. The molecule has 1 amide bonds. The lowest BCUT2D eigenvalue weighted by molar-refractivity contribution is -0.0663. The largest absolute Gasteiger partial charge is 0.438 e. The van der Waals surface area contributed by atoms with Gasteiger partial charge in [0.1, 0.15) is 5.60 Å². The van der Waals surface area contributed by atoms with Gasteiger partial charge in [-0.2, -0.15) is 0 Å². The van der Waals surface area contributed by atoms with E-state index < -0.39 is 11.2 Å². The zero-order valence-electron chi connectivity index (χ0n) is 16.7. The maximum atomic E-state index is 13.2. The Morgan fingerprint density at radius 1 is 1.18 bits per heavy atom. The van der Waals surface area contributed by atoms with Crippen LogP contribution in [0.25, 0.3) is 0 Å². The molecule has 1 aliphatic heterocycles. The summed E-state index contributed by atoms with van der Waals surface area (Å²) in [5, 5.41) is 10.5. The van der Waals surface area contributed by atoms with Crippen molar-refractivity contribution in [3.05, 3.63) is 70.2 Å². The quantitative estimate of drug-likeness (QED) is 0.632. The molecule has 0 aliphatic carbocycles. The summed E-state index contributed by atoms with van der Waals surface area (Å²) in [5.41, 5.74) is 0.214. The average Bonchev–Trinajstić information content (AvgIpc) is 2.80. The fourth-order valence-electron chi connectivity index (χ4n) is 4.05. The molecule has 5 heteroatoms. The number of aliphatic hydroxyl groups is 1. The Balaban J connectivity index is 1.90. The molecule has 28 heavy (non-hydrogen) atoms. The van der Waals surface area contributed by atoms with Gasteiger partial charge in [-0.05, 0) is 56.9 Å². The first kappa shape index (κ1) is 20.9. The maximum absolute atomic E-state index is 13.2. The average molecular weight is 446 g/mol. The van der Waals surface area contributed by atoms with Crippen LogP contribution >= 0.6 is 15.9 Å². The van der Waals surface area contributed by atoms with Crippen LogP contribution in [-0.2, 0) is 10.3 Å². The summed E-state index contributed by atoms with van der Waals surface area (Å²) in [6.07, 6.45) is 1.51. The number of hydrogen-bond acceptors (Lipinski definition) is 3. The van der Waals surface area contributed by atoms with Crippen LogP contribution < -0.4 is 0 Å². The van der Waals surface area contributed by atoms with E-state index in [1.54, 1.807) is 18.7 Å². The van der Waals surface area contributed by atoms with Crippen LogP contribution in [0.2, 0.25) is 0 Å². The highest BCUT2D eigenvalue weighted by atomic mass is 79.9. The van der Waals surface area contributed by atoms with Crippen molar-refractivity contribution in [2.75, 3.05) is 6.54 Å². The highest BCUT2D eigenvalue weighted by Gasteiger charge is 2.44. The number of benzene rings is 2. The van der Waals surface area contributed by atoms with Gasteiger partial charge in [0, 0.05) is 17.4 Å². The van der Waals surface area contributed by atoms with Crippen molar-refractivity contribution in [3.63, 3.8) is 0 Å². The predicted octanol–water partition coefficient (Wildman–Crippen LogP) is 5.80. The number of cyclic esters (lactones) is 1. The van der Waals surface area contributed by atoms with Crippen molar-refractivity contribution < 1.29 is 14.6 Å². The Morgan fingerprint density at radius 2 is 1.82 bits per heavy atom. The van der Waals surface area contributed by atoms with Crippen LogP contribution in [0.4, 0.5) is 4.79 Å². The third-order valence-electron chi connectivity index (χ3n) is 5.33. The molecule has 1 fully saturated rings. The van der Waals surface area contributed by atoms with Gasteiger partial charge in [-0.1, -0.05) is 58.4 Å². The molecule has 0 aromatic heterocycles. The van der Waals surface area contributed by atoms with Crippen LogP contribution in [0.5, 0.6) is 0 Å². The van der Waals surface area contributed by atoms with E-state index in [1.165, 1.54) is 0 Å². The number of carbonyl (C=O) groups excluding carboxylic acids is 1. The lowest BCUT2D eigenvalue weighted by Gasteiger charge is -2.37. The van der Waals surface area contributed by atoms with E-state index in [0.29, 0.717) is 19.4 Å². The SMILES string of the molecule is C[C@@H](c1ccc(Br)cc1)N1CCC[C@@](CC(C)(C)O)(c2ccccc2)OC1=O. The first-order chi connectivity index (χ1) is 13.2. The second-order valence-corrected chi connectivity index (χ2v) is 9.16. The minimum absolute atomic E-state index is 0.0886. The van der Waals surface area contributed by atoms with Gasteiger partial charge in [0.25, 0.3) is 0 Å². The van der Waals surface area contributed by atoms with E-state index in [0.717, 1.165) is 22.0 Å². The minimum atomic E-state index is -0.956. The zero-order valence-corrected chi connectivity index (χ0v) is 18.3. The van der Waals surface area contributed by atoms with Gasteiger partial charge >= 0.3 is 6.09 Å². The Hall–Kier alpha value is -1.85. The standard InChI is InChI=1S/C23H28BrNO3/c1-17(18-10-12-20(24)13-11-18)25-15-7-14-23(28-21(25)26,16-22(2,3)27)19-8-5-4-6-9-19/h4-6,8-13,17,27H,7,14-16H2,1-3H3/t17-,23+/m0/s1. The summed E-state index contributed by atoms with van der Waals surface area (Å²) < 4.78 is 7.17. The lowest BCUT2D eigenvalue weighted by Crippen LogP contribution is -2.41. The molecule has 0 spiro atoms. The van der Waals surface area contributed by atoms with Crippen molar-refractivity contribution in [3.8, 4) is 0 Å². The lowest BCUT2D eigenvalue weighted by atomic mass is 9.80. The monoisotopic (exact) mass is 445 g/mol. The smallest absolute Gasteiger partial charge is 0.411 e. The minimum Gasteiger partial charge on any atom is -0.438 e. The Kier molecular flexibility index (Phi) is 6.15. The summed E-state index contributed by atoms with van der Waals surface area (Å²) >= 11 is 3.45. The van der Waals surface area contributed by atoms with Crippen molar-refractivity contribution >= 4 is 22.0 Å². The Bertz CT molecular complexity index is 801. The topological polar surface area (TPSA) is 49.8 Å². The van der Waals surface area contributed by atoms with Crippen molar-refractivity contribution in [1.82, 2.24) is 4.90 Å². The number of rotatable bonds is 5. The second kappa shape index (κ2) is 8.26. The van der Waals surface area contributed by atoms with Gasteiger partial charge in [-0.15, -0.1) is 0 Å². The van der Waals surface area contributed by atoms with E-state index in [2.05, 4.69) is 15.9 Å². The van der Waals surface area contributed by atoms with Crippen LogP contribution in [0, 0.1) is 0 Å². The number of hydrogen-bond donors (Lipinski definition) is 1. The number of ether oxygens (including phenoxy) is 1. The second-order valence-electron chi connectivity index (χ2n) is 8.24. The van der Waals surface area contributed by atoms with E-state index in [4.69, 9.17) is 4.74 Å². The molecule has 1 saturated heterocycles. The Labute approximate surface area is 175 Å². The number of halogens is 1. The first-order valence-electron chi connectivity index (χ1n) is 9.73. The van der Waals surface area contributed by atoms with Gasteiger partial charge in [0.2, 0.25) is 0 Å². The van der Waals surface area contributed by atoms with E-state index in [9.17, 15) is 9.90 Å². The van der Waals surface area contributed by atoms with E-state index in [1.807, 2.05) is 61.5 Å². The van der Waals surface area contributed by atoms with Gasteiger partial charge in [0.05, 0.1) is 11.6 Å². The molecule has 150 valence electrons. The Morgan fingerprint density at radius 3 is 2.43 bits per heavy atom. The van der Waals surface area contributed by atoms with Crippen LogP contribution in [0.1, 0.15) is 57.2 Å². The number of nitrogens with zero attached hydrogens (tertiary/aromatic N) is 1. The van der Waals surface area contributed by atoms with Crippen molar-refractivity contribution in [2.24, 2.45) is 0 Å². The van der Waals surface area contributed by atoms with Crippen molar-refractivity contribution in [1.29, 1.82) is 0 Å². The fraction of sp³-hybridized carbons (Fsp3) is 0.435. The highest BCUT2D eigenvalue weighted by molar-refractivity contribution is 9.10. The number of carbonyl (C=O) groups is 1. The normalized spacial score (nSPS) is 21.8. The summed E-state index contributed by atoms with van der Waals surface area (Å²) in [6.45, 7) is 6.17. The summed E-state index contributed by atoms with van der Waals surface area (Å²) in [5.74, 6) is 0. The molecule has 1 aliphatic rings. The molecule has 0 saturated carbocycles. The maximum Gasteiger partial charge on any atom is 0.411 e. The molecule has 4 nitrogen and oxygen atoms in total. The summed E-state index contributed by atoms with van der Waals surface area (Å²) in [4.78, 5) is 15.0. The molecule has 2 atom stereocenters.